The third-order valence-corrected chi connectivity index (χ3v) is 4.34. The molecule has 104 valence electrons. The molecule has 0 bridgehead atoms. The number of aryl methyl sites for hydroxylation is 1. The molecule has 1 saturated heterocycles. The van der Waals surface area contributed by atoms with E-state index in [4.69, 9.17) is 0 Å². The van der Waals surface area contributed by atoms with Crippen LogP contribution in [-0.2, 0) is 9.59 Å². The first-order chi connectivity index (χ1) is 9.61. The molecular weight excluding hydrogens is 274 g/mol. The Morgan fingerprint density at radius 3 is 3.10 bits per heavy atom. The standard InChI is InChI=1S/C14H15N3O2S/c1-8-2-4-10-11(6-8)20-14(16-10)17-13(19)9-3-5-12(18)15-7-9/h2,4,6,9H,3,5,7H2,1H3,(H,15,18)(H,16,17,19)/t9-/m1/s1. The lowest BCUT2D eigenvalue weighted by molar-refractivity contribution is -0.126. The molecule has 3 rings (SSSR count). The predicted molar refractivity (Wildman–Crippen MR) is 78.7 cm³/mol. The molecule has 1 fully saturated rings. The summed E-state index contributed by atoms with van der Waals surface area (Å²) in [6.45, 7) is 2.44. The molecule has 2 amide bonds. The zero-order chi connectivity index (χ0) is 14.1. The summed E-state index contributed by atoms with van der Waals surface area (Å²) in [6.07, 6.45) is 1.01. The summed E-state index contributed by atoms with van der Waals surface area (Å²) in [7, 11) is 0. The predicted octanol–water partition coefficient (Wildman–Crippen LogP) is 2.07. The van der Waals surface area contributed by atoms with Crippen LogP contribution < -0.4 is 10.6 Å². The van der Waals surface area contributed by atoms with Gasteiger partial charge in [-0.2, -0.15) is 0 Å². The van der Waals surface area contributed by atoms with Crippen LogP contribution in [-0.4, -0.2) is 23.3 Å². The number of amides is 2. The summed E-state index contributed by atoms with van der Waals surface area (Å²) < 4.78 is 1.07. The lowest BCUT2D eigenvalue weighted by Crippen LogP contribution is -2.40. The Bertz CT molecular complexity index is 670. The van der Waals surface area contributed by atoms with Crippen molar-refractivity contribution in [1.29, 1.82) is 0 Å². The number of benzene rings is 1. The molecule has 0 saturated carbocycles. The van der Waals surface area contributed by atoms with Gasteiger partial charge in [0.25, 0.3) is 0 Å². The van der Waals surface area contributed by atoms with Crippen LogP contribution in [0.15, 0.2) is 18.2 Å². The van der Waals surface area contributed by atoms with Gasteiger partial charge < -0.3 is 10.6 Å². The number of anilines is 1. The molecule has 0 aliphatic carbocycles. The van der Waals surface area contributed by atoms with Crippen molar-refractivity contribution in [3.05, 3.63) is 23.8 Å². The Kier molecular flexibility index (Phi) is 3.40. The second-order valence-corrected chi connectivity index (χ2v) is 6.05. The molecule has 6 heteroatoms. The SMILES string of the molecule is Cc1ccc2nc(NC(=O)[C@@H]3CCC(=O)NC3)sc2c1. The molecule has 0 unspecified atom stereocenters. The number of hydrogen-bond acceptors (Lipinski definition) is 4. The van der Waals surface area contributed by atoms with Gasteiger partial charge in [-0.3, -0.25) is 9.59 Å². The maximum Gasteiger partial charge on any atom is 0.231 e. The minimum absolute atomic E-state index is 0.0181. The Labute approximate surface area is 120 Å². The van der Waals surface area contributed by atoms with Gasteiger partial charge in [0, 0.05) is 13.0 Å². The summed E-state index contributed by atoms with van der Waals surface area (Å²) in [5.41, 5.74) is 2.07. The maximum absolute atomic E-state index is 12.1. The van der Waals surface area contributed by atoms with Gasteiger partial charge >= 0.3 is 0 Å². The van der Waals surface area contributed by atoms with Crippen LogP contribution in [0.1, 0.15) is 18.4 Å². The molecule has 20 heavy (non-hydrogen) atoms. The second kappa shape index (κ2) is 5.20. The van der Waals surface area contributed by atoms with Gasteiger partial charge in [0.15, 0.2) is 5.13 Å². The molecule has 0 spiro atoms. The van der Waals surface area contributed by atoms with Crippen molar-refractivity contribution >= 4 is 38.5 Å². The van der Waals surface area contributed by atoms with E-state index < -0.39 is 0 Å². The van der Waals surface area contributed by atoms with E-state index in [1.54, 1.807) is 0 Å². The van der Waals surface area contributed by atoms with Crippen molar-refractivity contribution < 1.29 is 9.59 Å². The van der Waals surface area contributed by atoms with Crippen LogP contribution in [0.5, 0.6) is 0 Å². The van der Waals surface area contributed by atoms with Crippen LogP contribution in [0.3, 0.4) is 0 Å². The highest BCUT2D eigenvalue weighted by atomic mass is 32.1. The number of piperidine rings is 1. The molecule has 1 aliphatic rings. The first kappa shape index (κ1) is 13.1. The Morgan fingerprint density at radius 2 is 2.35 bits per heavy atom. The van der Waals surface area contributed by atoms with E-state index in [1.807, 2.05) is 19.1 Å². The van der Waals surface area contributed by atoms with Gasteiger partial charge in [-0.1, -0.05) is 17.4 Å². The topological polar surface area (TPSA) is 71.1 Å². The zero-order valence-corrected chi connectivity index (χ0v) is 11.9. The average Bonchev–Trinajstić information content (AvgIpc) is 2.80. The van der Waals surface area contributed by atoms with Gasteiger partial charge in [-0.25, -0.2) is 4.98 Å². The summed E-state index contributed by atoms with van der Waals surface area (Å²) in [6, 6.07) is 6.02. The van der Waals surface area contributed by atoms with E-state index in [2.05, 4.69) is 21.7 Å². The third kappa shape index (κ3) is 2.65. The van der Waals surface area contributed by atoms with Crippen molar-refractivity contribution in [3.63, 3.8) is 0 Å². The lowest BCUT2D eigenvalue weighted by Gasteiger charge is -2.20. The number of thiazole rings is 1. The smallest absolute Gasteiger partial charge is 0.231 e. The number of aromatic nitrogens is 1. The Morgan fingerprint density at radius 1 is 1.50 bits per heavy atom. The number of rotatable bonds is 2. The van der Waals surface area contributed by atoms with E-state index in [0.717, 1.165) is 10.2 Å². The molecule has 1 atom stereocenters. The fourth-order valence-electron chi connectivity index (χ4n) is 2.25. The number of carbonyl (C=O) groups is 2. The van der Waals surface area contributed by atoms with E-state index >= 15 is 0 Å². The minimum atomic E-state index is -0.165. The number of hydrogen-bond donors (Lipinski definition) is 2. The van der Waals surface area contributed by atoms with Crippen molar-refractivity contribution in [2.75, 3.05) is 11.9 Å². The van der Waals surface area contributed by atoms with Gasteiger partial charge in [0.05, 0.1) is 16.1 Å². The van der Waals surface area contributed by atoms with Gasteiger partial charge in [0.1, 0.15) is 0 Å². The van der Waals surface area contributed by atoms with Gasteiger partial charge in [-0.15, -0.1) is 0 Å². The average molecular weight is 289 g/mol. The third-order valence-electron chi connectivity index (χ3n) is 3.41. The van der Waals surface area contributed by atoms with Crippen LogP contribution >= 0.6 is 11.3 Å². The van der Waals surface area contributed by atoms with E-state index in [9.17, 15) is 9.59 Å². The number of fused-ring (bicyclic) bond motifs is 1. The van der Waals surface area contributed by atoms with Crippen molar-refractivity contribution in [2.45, 2.75) is 19.8 Å². The normalized spacial score (nSPS) is 18.9. The highest BCUT2D eigenvalue weighted by molar-refractivity contribution is 7.22. The van der Waals surface area contributed by atoms with Crippen LogP contribution in [0, 0.1) is 12.8 Å². The molecule has 0 radical (unpaired) electrons. The molecule has 2 heterocycles. The van der Waals surface area contributed by atoms with Gasteiger partial charge in [0.2, 0.25) is 11.8 Å². The van der Waals surface area contributed by atoms with Crippen LogP contribution in [0.25, 0.3) is 10.2 Å². The summed E-state index contributed by atoms with van der Waals surface area (Å²) in [5.74, 6) is -0.216. The van der Waals surface area contributed by atoms with Crippen molar-refractivity contribution in [2.24, 2.45) is 5.92 Å². The summed E-state index contributed by atoms with van der Waals surface area (Å²) >= 11 is 1.47. The maximum atomic E-state index is 12.1. The summed E-state index contributed by atoms with van der Waals surface area (Å²) in [4.78, 5) is 27.6. The minimum Gasteiger partial charge on any atom is -0.355 e. The Balaban J connectivity index is 1.72. The molecule has 1 aromatic carbocycles. The second-order valence-electron chi connectivity index (χ2n) is 5.02. The highest BCUT2D eigenvalue weighted by Crippen LogP contribution is 2.27. The number of carbonyl (C=O) groups excluding carboxylic acids is 2. The first-order valence-electron chi connectivity index (χ1n) is 6.56. The number of nitrogens with one attached hydrogen (secondary N) is 2. The fraction of sp³-hybridized carbons (Fsp3) is 0.357. The lowest BCUT2D eigenvalue weighted by atomic mass is 9.98. The zero-order valence-electron chi connectivity index (χ0n) is 11.1. The van der Waals surface area contributed by atoms with E-state index in [-0.39, 0.29) is 17.7 Å². The van der Waals surface area contributed by atoms with Gasteiger partial charge in [-0.05, 0) is 31.0 Å². The molecule has 1 aliphatic heterocycles. The number of nitrogens with zero attached hydrogens (tertiary/aromatic N) is 1. The van der Waals surface area contributed by atoms with Crippen LogP contribution in [0.2, 0.25) is 0 Å². The molecule has 2 aromatic rings. The molecule has 5 nitrogen and oxygen atoms in total. The monoisotopic (exact) mass is 289 g/mol. The van der Waals surface area contributed by atoms with Crippen molar-refractivity contribution in [1.82, 2.24) is 10.3 Å². The Hall–Kier alpha value is -1.95. The van der Waals surface area contributed by atoms with Crippen molar-refractivity contribution in [3.8, 4) is 0 Å². The largest absolute Gasteiger partial charge is 0.355 e. The summed E-state index contributed by atoms with van der Waals surface area (Å²) in [5, 5.41) is 6.19. The van der Waals surface area contributed by atoms with Crippen LogP contribution in [0.4, 0.5) is 5.13 Å². The molecule has 1 aromatic heterocycles. The molecule has 2 N–H and O–H groups in total. The fourth-order valence-corrected chi connectivity index (χ4v) is 3.22. The van der Waals surface area contributed by atoms with E-state index in [1.165, 1.54) is 16.9 Å². The first-order valence-corrected chi connectivity index (χ1v) is 7.38. The molecular formula is C14H15N3O2S. The van der Waals surface area contributed by atoms with E-state index in [0.29, 0.717) is 24.5 Å². The quantitative estimate of drug-likeness (QED) is 0.889. The highest BCUT2D eigenvalue weighted by Gasteiger charge is 2.25.